The number of benzene rings is 1. The number of allylic oxidation sites excluding steroid dienone is 3. The van der Waals surface area contributed by atoms with Crippen LogP contribution in [-0.2, 0) is 4.79 Å². The van der Waals surface area contributed by atoms with Crippen LogP contribution in [-0.4, -0.2) is 5.91 Å². The second-order valence-electron chi connectivity index (χ2n) is 4.04. The zero-order chi connectivity index (χ0) is 13.8. The lowest BCUT2D eigenvalue weighted by Crippen LogP contribution is -2.13. The van der Waals surface area contributed by atoms with Crippen LogP contribution in [0.4, 0.5) is 5.69 Å². The number of nitrogens with one attached hydrogen (secondary N) is 1. The Balaban J connectivity index is 2.03. The topological polar surface area (TPSA) is 29.1 Å². The third kappa shape index (κ3) is 3.75. The van der Waals surface area contributed by atoms with Gasteiger partial charge < -0.3 is 5.32 Å². The van der Waals surface area contributed by atoms with Crippen LogP contribution < -0.4 is 5.32 Å². The van der Waals surface area contributed by atoms with Crippen LogP contribution in [0.2, 0.25) is 5.02 Å². The second kappa shape index (κ2) is 6.47. The molecule has 99 valence electrons. The van der Waals surface area contributed by atoms with E-state index in [-0.39, 0.29) is 12.3 Å². The predicted octanol–water partition coefficient (Wildman–Crippen LogP) is 4.89. The molecule has 0 saturated heterocycles. The Kier molecular flexibility index (Phi) is 4.92. The zero-order valence-corrected chi connectivity index (χ0v) is 12.2. The quantitative estimate of drug-likeness (QED) is 0.845. The molecule has 1 aliphatic rings. The molecule has 0 aromatic heterocycles. The average Bonchev–Trinajstić information content (AvgIpc) is 2.38. The van der Waals surface area contributed by atoms with E-state index >= 15 is 0 Å². The molecule has 0 spiro atoms. The van der Waals surface area contributed by atoms with Gasteiger partial charge in [-0.3, -0.25) is 4.79 Å². The van der Waals surface area contributed by atoms with Gasteiger partial charge in [-0.2, -0.15) is 0 Å². The first-order valence-electron chi connectivity index (χ1n) is 5.70. The van der Waals surface area contributed by atoms with Gasteiger partial charge in [-0.1, -0.05) is 53.0 Å². The molecule has 1 radical (unpaired) electrons. The fraction of sp³-hybridized carbons (Fsp3) is 0.143. The van der Waals surface area contributed by atoms with Crippen molar-refractivity contribution in [3.8, 4) is 0 Å². The van der Waals surface area contributed by atoms with E-state index in [1.54, 1.807) is 30.7 Å². The van der Waals surface area contributed by atoms with Gasteiger partial charge in [0.15, 0.2) is 0 Å². The molecule has 1 aromatic rings. The average molecular weight is 316 g/mol. The Labute approximate surface area is 127 Å². The third-order valence-electron chi connectivity index (χ3n) is 2.65. The highest BCUT2D eigenvalue weighted by molar-refractivity contribution is 6.41. The lowest BCUT2D eigenvalue weighted by atomic mass is 10.0. The Bertz CT molecular complexity index is 564. The number of anilines is 1. The molecule has 0 aliphatic heterocycles. The smallest absolute Gasteiger partial charge is 0.228 e. The van der Waals surface area contributed by atoms with Crippen molar-refractivity contribution in [2.24, 2.45) is 0 Å². The molecular formula is C14H11Cl3NO. The summed E-state index contributed by atoms with van der Waals surface area (Å²) in [6.07, 6.45) is 4.55. The van der Waals surface area contributed by atoms with Crippen LogP contribution in [0.1, 0.15) is 12.8 Å². The van der Waals surface area contributed by atoms with Crippen LogP contribution in [0.5, 0.6) is 0 Å². The van der Waals surface area contributed by atoms with E-state index in [4.69, 9.17) is 34.8 Å². The molecule has 1 aliphatic carbocycles. The van der Waals surface area contributed by atoms with Gasteiger partial charge in [-0.15, -0.1) is 0 Å². The van der Waals surface area contributed by atoms with Crippen molar-refractivity contribution in [2.45, 2.75) is 12.8 Å². The number of hydrogen-bond donors (Lipinski definition) is 1. The van der Waals surface area contributed by atoms with Gasteiger partial charge in [0.1, 0.15) is 0 Å². The fourth-order valence-corrected chi connectivity index (χ4v) is 2.33. The maximum absolute atomic E-state index is 11.9. The minimum absolute atomic E-state index is 0.175. The summed E-state index contributed by atoms with van der Waals surface area (Å²) in [5.41, 5.74) is 1.32. The van der Waals surface area contributed by atoms with Gasteiger partial charge in [0.05, 0.1) is 22.2 Å². The van der Waals surface area contributed by atoms with E-state index in [2.05, 4.69) is 5.32 Å². The van der Waals surface area contributed by atoms with Crippen molar-refractivity contribution in [3.05, 3.63) is 57.4 Å². The lowest BCUT2D eigenvalue weighted by molar-refractivity contribution is -0.115. The molecule has 2 nitrogen and oxygen atoms in total. The minimum atomic E-state index is -0.177. The summed E-state index contributed by atoms with van der Waals surface area (Å²) < 4.78 is 0. The number of carbonyl (C=O) groups is 1. The summed E-state index contributed by atoms with van der Waals surface area (Å²) in [6, 6.07) is 7.07. The Hall–Kier alpha value is -0.960. The normalized spacial score (nSPS) is 15.2. The van der Waals surface area contributed by atoms with E-state index in [0.717, 1.165) is 5.57 Å². The lowest BCUT2D eigenvalue weighted by Gasteiger charge is -2.14. The van der Waals surface area contributed by atoms with Gasteiger partial charge in [0.2, 0.25) is 5.91 Å². The van der Waals surface area contributed by atoms with Crippen LogP contribution in [0, 0.1) is 6.42 Å². The molecule has 0 fully saturated rings. The van der Waals surface area contributed by atoms with Gasteiger partial charge in [0, 0.05) is 11.5 Å². The van der Waals surface area contributed by atoms with Crippen LogP contribution in [0.15, 0.2) is 46.0 Å². The van der Waals surface area contributed by atoms with Crippen molar-refractivity contribution >= 4 is 46.4 Å². The molecule has 2 rings (SSSR count). The largest absolute Gasteiger partial charge is 0.324 e. The maximum Gasteiger partial charge on any atom is 0.228 e. The second-order valence-corrected chi connectivity index (χ2v) is 5.23. The summed E-state index contributed by atoms with van der Waals surface area (Å²) in [4.78, 5) is 11.9. The molecule has 5 heteroatoms. The Morgan fingerprint density at radius 1 is 1.21 bits per heavy atom. The summed E-state index contributed by atoms with van der Waals surface area (Å²) >= 11 is 18.0. The van der Waals surface area contributed by atoms with E-state index < -0.39 is 0 Å². The number of rotatable bonds is 3. The molecule has 1 amide bonds. The summed E-state index contributed by atoms with van der Waals surface area (Å²) in [7, 11) is 0. The van der Waals surface area contributed by atoms with E-state index in [9.17, 15) is 4.79 Å². The fourth-order valence-electron chi connectivity index (χ4n) is 1.72. The molecule has 0 unspecified atom stereocenters. The van der Waals surface area contributed by atoms with Crippen LogP contribution in [0.3, 0.4) is 0 Å². The van der Waals surface area contributed by atoms with Crippen LogP contribution >= 0.6 is 34.8 Å². The predicted molar refractivity (Wildman–Crippen MR) is 80.4 cm³/mol. The van der Waals surface area contributed by atoms with Crippen molar-refractivity contribution < 1.29 is 4.79 Å². The van der Waals surface area contributed by atoms with Crippen molar-refractivity contribution in [2.75, 3.05) is 5.32 Å². The number of para-hydroxylation sites is 1. The third-order valence-corrected chi connectivity index (χ3v) is 3.87. The van der Waals surface area contributed by atoms with E-state index in [1.807, 2.05) is 6.08 Å². The zero-order valence-electron chi connectivity index (χ0n) is 9.92. The number of amides is 1. The monoisotopic (exact) mass is 314 g/mol. The summed E-state index contributed by atoms with van der Waals surface area (Å²) in [5, 5.41) is 4.17. The van der Waals surface area contributed by atoms with Gasteiger partial charge in [-0.25, -0.2) is 0 Å². The summed E-state index contributed by atoms with van der Waals surface area (Å²) in [5.74, 6) is -0.177. The molecule has 1 aromatic carbocycles. The highest BCUT2D eigenvalue weighted by Crippen LogP contribution is 2.32. The Morgan fingerprint density at radius 3 is 2.68 bits per heavy atom. The van der Waals surface area contributed by atoms with Crippen molar-refractivity contribution in [1.29, 1.82) is 0 Å². The molecule has 0 atom stereocenters. The molecular weight excluding hydrogens is 305 g/mol. The standard InChI is InChI=1S/C14H11Cl3NO/c15-10-5-1-2-7-12(10)18-13(19)8-9-4-3-6-11(16)14(9)17/h1-2,4-7H,3,8H2,(H,18,19). The minimum Gasteiger partial charge on any atom is -0.324 e. The van der Waals surface area contributed by atoms with Gasteiger partial charge in [0.25, 0.3) is 0 Å². The van der Waals surface area contributed by atoms with Gasteiger partial charge in [-0.05, 0) is 24.1 Å². The first-order valence-corrected chi connectivity index (χ1v) is 6.83. The highest BCUT2D eigenvalue weighted by atomic mass is 35.5. The number of halogens is 3. The van der Waals surface area contributed by atoms with E-state index in [0.29, 0.717) is 27.2 Å². The molecule has 0 heterocycles. The first kappa shape index (κ1) is 14.4. The molecule has 0 saturated carbocycles. The molecule has 0 bridgehead atoms. The highest BCUT2D eigenvalue weighted by Gasteiger charge is 2.16. The summed E-state index contributed by atoms with van der Waals surface area (Å²) in [6.45, 7) is 0. The van der Waals surface area contributed by atoms with Crippen LogP contribution in [0.25, 0.3) is 0 Å². The number of hydrogen-bond acceptors (Lipinski definition) is 1. The van der Waals surface area contributed by atoms with Crippen molar-refractivity contribution in [1.82, 2.24) is 0 Å². The first-order chi connectivity index (χ1) is 9.08. The van der Waals surface area contributed by atoms with Gasteiger partial charge >= 0.3 is 0 Å². The van der Waals surface area contributed by atoms with Crippen molar-refractivity contribution in [3.63, 3.8) is 0 Å². The maximum atomic E-state index is 11.9. The molecule has 19 heavy (non-hydrogen) atoms. The number of carbonyl (C=O) groups excluding carboxylic acids is 1. The Morgan fingerprint density at radius 2 is 1.95 bits per heavy atom. The molecule has 1 N–H and O–H groups in total. The SMILES string of the molecule is O=C(CC1=CC[CH]C(Cl)=C1Cl)Nc1ccccc1Cl. The van der Waals surface area contributed by atoms with E-state index in [1.165, 1.54) is 0 Å².